The zero-order valence-electron chi connectivity index (χ0n) is 12.4. The first-order chi connectivity index (χ1) is 9.97. The molecule has 1 atom stereocenters. The summed E-state index contributed by atoms with van der Waals surface area (Å²) in [5.74, 6) is -0.539. The normalized spacial score (nSPS) is 15.4. The van der Waals surface area contributed by atoms with E-state index in [4.69, 9.17) is 5.73 Å². The number of carbonyl (C=O) groups excluding carboxylic acids is 2. The lowest BCUT2D eigenvalue weighted by Crippen LogP contribution is -2.46. The van der Waals surface area contributed by atoms with E-state index in [-0.39, 0.29) is 24.3 Å². The largest absolute Gasteiger partial charge is 0.346 e. The van der Waals surface area contributed by atoms with Gasteiger partial charge in [-0.2, -0.15) is 0 Å². The van der Waals surface area contributed by atoms with Gasteiger partial charge < -0.3 is 16.4 Å². The molecule has 0 radical (unpaired) electrons. The second-order valence-electron chi connectivity index (χ2n) is 5.63. The van der Waals surface area contributed by atoms with Crippen molar-refractivity contribution in [1.82, 2.24) is 10.3 Å². The molecular weight excluding hydrogens is 288 g/mol. The van der Waals surface area contributed by atoms with Crippen molar-refractivity contribution in [3.05, 3.63) is 10.6 Å². The molecule has 1 aromatic rings. The number of amides is 2. The van der Waals surface area contributed by atoms with E-state index in [0.29, 0.717) is 5.13 Å². The molecule has 0 saturated heterocycles. The topological polar surface area (TPSA) is 97.1 Å². The van der Waals surface area contributed by atoms with Gasteiger partial charge in [0, 0.05) is 4.88 Å². The number of anilines is 1. The summed E-state index contributed by atoms with van der Waals surface area (Å²) in [6.45, 7) is 3.65. The molecule has 2 amide bonds. The zero-order chi connectivity index (χ0) is 15.4. The molecule has 21 heavy (non-hydrogen) atoms. The van der Waals surface area contributed by atoms with Crippen LogP contribution in [0.3, 0.4) is 0 Å². The van der Waals surface area contributed by atoms with Gasteiger partial charge in [0.2, 0.25) is 11.8 Å². The molecule has 1 aromatic heterocycles. The summed E-state index contributed by atoms with van der Waals surface area (Å²) >= 11 is 1.53. The first kappa shape index (κ1) is 15.9. The van der Waals surface area contributed by atoms with Crippen LogP contribution in [0.15, 0.2) is 0 Å². The van der Waals surface area contributed by atoms with Gasteiger partial charge in [-0.05, 0) is 31.6 Å². The predicted molar refractivity (Wildman–Crippen MR) is 83.2 cm³/mol. The molecule has 116 valence electrons. The van der Waals surface area contributed by atoms with E-state index in [1.165, 1.54) is 22.6 Å². The van der Waals surface area contributed by atoms with Crippen molar-refractivity contribution in [3.8, 4) is 0 Å². The predicted octanol–water partition coefficient (Wildman–Crippen LogP) is 1.06. The van der Waals surface area contributed by atoms with E-state index in [9.17, 15) is 9.59 Å². The Morgan fingerprint density at radius 3 is 2.71 bits per heavy atom. The number of hydrogen-bond donors (Lipinski definition) is 3. The Bertz CT molecular complexity index is 504. The molecule has 0 aromatic carbocycles. The number of carbonyl (C=O) groups is 2. The fraction of sp³-hybridized carbons (Fsp3) is 0.643. The van der Waals surface area contributed by atoms with Crippen LogP contribution in [-0.4, -0.2) is 29.4 Å². The first-order valence-electron chi connectivity index (χ1n) is 7.29. The Balaban J connectivity index is 1.82. The van der Waals surface area contributed by atoms with E-state index >= 15 is 0 Å². The van der Waals surface area contributed by atoms with E-state index in [1.807, 2.05) is 13.8 Å². The average molecular weight is 310 g/mol. The third-order valence-corrected chi connectivity index (χ3v) is 4.61. The second kappa shape index (κ2) is 7.00. The van der Waals surface area contributed by atoms with Gasteiger partial charge in [0.1, 0.15) is 0 Å². The molecule has 6 nitrogen and oxygen atoms in total. The van der Waals surface area contributed by atoms with Crippen LogP contribution in [0.4, 0.5) is 5.13 Å². The van der Waals surface area contributed by atoms with Crippen LogP contribution in [0.5, 0.6) is 0 Å². The average Bonchev–Trinajstić information content (AvgIpc) is 2.85. The molecule has 0 spiro atoms. The third kappa shape index (κ3) is 4.25. The Morgan fingerprint density at radius 2 is 2.05 bits per heavy atom. The fourth-order valence-electron chi connectivity index (χ4n) is 2.16. The lowest BCUT2D eigenvalue weighted by Gasteiger charge is -2.14. The summed E-state index contributed by atoms with van der Waals surface area (Å²) in [5, 5.41) is 5.90. The minimum Gasteiger partial charge on any atom is -0.346 e. The fourth-order valence-corrected chi connectivity index (χ4v) is 3.22. The quantitative estimate of drug-likeness (QED) is 0.757. The van der Waals surface area contributed by atoms with Crippen molar-refractivity contribution in [2.75, 3.05) is 11.9 Å². The van der Waals surface area contributed by atoms with Crippen molar-refractivity contribution in [2.24, 2.45) is 11.7 Å². The van der Waals surface area contributed by atoms with Gasteiger partial charge in [-0.1, -0.05) is 13.8 Å². The summed E-state index contributed by atoms with van der Waals surface area (Å²) in [4.78, 5) is 29.2. The number of thiazole rings is 1. The summed E-state index contributed by atoms with van der Waals surface area (Å²) in [6, 6.07) is -0.593. The van der Waals surface area contributed by atoms with E-state index in [0.717, 1.165) is 25.0 Å². The van der Waals surface area contributed by atoms with Gasteiger partial charge in [0.25, 0.3) is 0 Å². The highest BCUT2D eigenvalue weighted by atomic mass is 32.1. The van der Waals surface area contributed by atoms with Crippen molar-refractivity contribution < 1.29 is 9.59 Å². The van der Waals surface area contributed by atoms with Crippen molar-refractivity contribution in [3.63, 3.8) is 0 Å². The number of fused-ring (bicyclic) bond motifs is 1. The van der Waals surface area contributed by atoms with Gasteiger partial charge in [0.15, 0.2) is 5.13 Å². The van der Waals surface area contributed by atoms with Crippen LogP contribution >= 0.6 is 11.3 Å². The van der Waals surface area contributed by atoms with E-state index < -0.39 is 6.04 Å². The Morgan fingerprint density at radius 1 is 1.33 bits per heavy atom. The van der Waals surface area contributed by atoms with Gasteiger partial charge in [-0.25, -0.2) is 4.98 Å². The van der Waals surface area contributed by atoms with Gasteiger partial charge >= 0.3 is 0 Å². The molecule has 1 aliphatic carbocycles. The molecule has 0 saturated carbocycles. The highest BCUT2D eigenvalue weighted by molar-refractivity contribution is 7.15. The third-order valence-electron chi connectivity index (χ3n) is 3.54. The molecule has 0 fully saturated rings. The Kier molecular flexibility index (Phi) is 5.30. The molecule has 7 heteroatoms. The maximum absolute atomic E-state index is 11.8. The summed E-state index contributed by atoms with van der Waals surface area (Å²) in [5.41, 5.74) is 6.82. The maximum Gasteiger partial charge on any atom is 0.245 e. The number of rotatable bonds is 5. The molecule has 0 bridgehead atoms. The monoisotopic (exact) mass is 310 g/mol. The minimum absolute atomic E-state index is 0.0405. The highest BCUT2D eigenvalue weighted by Gasteiger charge is 2.19. The van der Waals surface area contributed by atoms with Crippen LogP contribution in [0.2, 0.25) is 0 Å². The number of nitrogens with one attached hydrogen (secondary N) is 2. The first-order valence-corrected chi connectivity index (χ1v) is 8.10. The molecule has 0 unspecified atom stereocenters. The number of aryl methyl sites for hydroxylation is 2. The Hall–Kier alpha value is -1.47. The lowest BCUT2D eigenvalue weighted by atomic mass is 10.0. The SMILES string of the molecule is CC(C)[C@H](N)C(=O)NCC(=O)Nc1nc2c(s1)CCCC2. The second-order valence-corrected chi connectivity index (χ2v) is 6.72. The van der Waals surface area contributed by atoms with Crippen LogP contribution in [0, 0.1) is 5.92 Å². The van der Waals surface area contributed by atoms with Crippen molar-refractivity contribution >= 4 is 28.3 Å². The lowest BCUT2D eigenvalue weighted by molar-refractivity contribution is -0.125. The molecule has 4 N–H and O–H groups in total. The molecule has 1 aliphatic rings. The smallest absolute Gasteiger partial charge is 0.245 e. The molecular formula is C14H22N4O2S. The Labute approximate surface area is 128 Å². The van der Waals surface area contributed by atoms with Crippen LogP contribution in [0.25, 0.3) is 0 Å². The van der Waals surface area contributed by atoms with Gasteiger partial charge in [0.05, 0.1) is 18.3 Å². The zero-order valence-corrected chi connectivity index (χ0v) is 13.3. The van der Waals surface area contributed by atoms with Gasteiger partial charge in [-0.3, -0.25) is 9.59 Å². The highest BCUT2D eigenvalue weighted by Crippen LogP contribution is 2.29. The minimum atomic E-state index is -0.593. The van der Waals surface area contributed by atoms with Crippen molar-refractivity contribution in [2.45, 2.75) is 45.6 Å². The molecule has 0 aliphatic heterocycles. The molecule has 1 heterocycles. The summed E-state index contributed by atoms with van der Waals surface area (Å²) in [7, 11) is 0. The van der Waals surface area contributed by atoms with Crippen LogP contribution < -0.4 is 16.4 Å². The van der Waals surface area contributed by atoms with E-state index in [2.05, 4.69) is 15.6 Å². The van der Waals surface area contributed by atoms with Crippen molar-refractivity contribution in [1.29, 1.82) is 0 Å². The summed E-state index contributed by atoms with van der Waals surface area (Å²) in [6.07, 6.45) is 4.38. The molecule has 2 rings (SSSR count). The van der Waals surface area contributed by atoms with Crippen LogP contribution in [-0.2, 0) is 22.4 Å². The van der Waals surface area contributed by atoms with Crippen LogP contribution in [0.1, 0.15) is 37.3 Å². The maximum atomic E-state index is 11.8. The number of nitrogens with zero attached hydrogens (tertiary/aromatic N) is 1. The number of aromatic nitrogens is 1. The number of nitrogens with two attached hydrogens (primary N) is 1. The number of hydrogen-bond acceptors (Lipinski definition) is 5. The summed E-state index contributed by atoms with van der Waals surface area (Å²) < 4.78 is 0. The van der Waals surface area contributed by atoms with E-state index in [1.54, 1.807) is 0 Å². The standard InChI is InChI=1S/C14H22N4O2S/c1-8(2)12(15)13(20)16-7-11(19)18-14-17-9-5-3-4-6-10(9)21-14/h8,12H,3-7,15H2,1-2H3,(H,16,20)(H,17,18,19)/t12-/m0/s1. The van der Waals surface area contributed by atoms with Gasteiger partial charge in [-0.15, -0.1) is 11.3 Å².